The molecule has 0 saturated carbocycles. The molecular formula is C9H17N3. The smallest absolute Gasteiger partial charge is 0.132 e. The van der Waals surface area contributed by atoms with Crippen LogP contribution < -0.4 is 0 Å². The lowest BCUT2D eigenvalue weighted by molar-refractivity contribution is 0.617. The van der Waals surface area contributed by atoms with Gasteiger partial charge < -0.3 is 0 Å². The average molecular weight is 167 g/mol. The first-order valence-corrected chi connectivity index (χ1v) is 4.40. The Balaban J connectivity index is 0.000000561. The van der Waals surface area contributed by atoms with Crippen molar-refractivity contribution in [1.29, 1.82) is 0 Å². The van der Waals surface area contributed by atoms with Crippen LogP contribution in [0.25, 0.3) is 0 Å². The molecule has 12 heavy (non-hydrogen) atoms. The van der Waals surface area contributed by atoms with Crippen molar-refractivity contribution >= 4 is 0 Å². The van der Waals surface area contributed by atoms with E-state index in [-0.39, 0.29) is 0 Å². The highest BCUT2D eigenvalue weighted by molar-refractivity contribution is 4.82. The number of aromatic nitrogens is 3. The summed E-state index contributed by atoms with van der Waals surface area (Å²) in [6.45, 7) is 8.29. The van der Waals surface area contributed by atoms with Gasteiger partial charge in [0.25, 0.3) is 0 Å². The maximum atomic E-state index is 4.00. The van der Waals surface area contributed by atoms with Gasteiger partial charge in [0.15, 0.2) is 0 Å². The molecule has 3 nitrogen and oxygen atoms in total. The summed E-state index contributed by atoms with van der Waals surface area (Å²) in [6, 6.07) is 0. The summed E-state index contributed by atoms with van der Waals surface area (Å²) in [4.78, 5) is 11.7. The van der Waals surface area contributed by atoms with Crippen LogP contribution in [-0.2, 0) is 6.42 Å². The number of rotatable bonds is 2. The second-order valence-corrected chi connectivity index (χ2v) is 2.65. The van der Waals surface area contributed by atoms with Crippen molar-refractivity contribution in [3.8, 4) is 0 Å². The van der Waals surface area contributed by atoms with Crippen molar-refractivity contribution in [3.05, 3.63) is 18.5 Å². The highest BCUT2D eigenvalue weighted by atomic mass is 15.0. The summed E-state index contributed by atoms with van der Waals surface area (Å²) in [7, 11) is 0. The predicted octanol–water partition coefficient (Wildman–Crippen LogP) is 2.10. The highest BCUT2D eigenvalue weighted by Crippen LogP contribution is 1.99. The lowest BCUT2D eigenvalue weighted by Crippen LogP contribution is -1.99. The third-order valence-corrected chi connectivity index (χ3v) is 1.14. The summed E-state index contributed by atoms with van der Waals surface area (Å²) in [5.41, 5.74) is 0. The largest absolute Gasteiger partial charge is 0.225 e. The minimum Gasteiger partial charge on any atom is -0.225 e. The molecule has 68 valence electrons. The lowest BCUT2D eigenvalue weighted by atomic mass is 10.1. The Labute approximate surface area is 74.3 Å². The summed E-state index contributed by atoms with van der Waals surface area (Å²) in [6.07, 6.45) is 4.00. The van der Waals surface area contributed by atoms with Gasteiger partial charge in [0, 0.05) is 6.42 Å². The van der Waals surface area contributed by atoms with Gasteiger partial charge in [-0.1, -0.05) is 27.7 Å². The van der Waals surface area contributed by atoms with E-state index in [2.05, 4.69) is 28.8 Å². The van der Waals surface area contributed by atoms with E-state index in [9.17, 15) is 0 Å². The van der Waals surface area contributed by atoms with Crippen LogP contribution in [-0.4, -0.2) is 15.0 Å². The Morgan fingerprint density at radius 1 is 1.17 bits per heavy atom. The van der Waals surface area contributed by atoms with Gasteiger partial charge in [0.1, 0.15) is 18.5 Å². The monoisotopic (exact) mass is 167 g/mol. The van der Waals surface area contributed by atoms with E-state index in [1.807, 2.05) is 13.8 Å². The van der Waals surface area contributed by atoms with Crippen LogP contribution in [0.3, 0.4) is 0 Å². The summed E-state index contributed by atoms with van der Waals surface area (Å²) < 4.78 is 0. The summed E-state index contributed by atoms with van der Waals surface area (Å²) in [5, 5.41) is 0. The molecule has 0 N–H and O–H groups in total. The Bertz CT molecular complexity index is 184. The highest BCUT2D eigenvalue weighted by Gasteiger charge is 1.97. The maximum absolute atomic E-state index is 4.00. The van der Waals surface area contributed by atoms with Crippen molar-refractivity contribution in [2.45, 2.75) is 34.1 Å². The van der Waals surface area contributed by atoms with Gasteiger partial charge >= 0.3 is 0 Å². The topological polar surface area (TPSA) is 38.7 Å². The van der Waals surface area contributed by atoms with Gasteiger partial charge in [0.2, 0.25) is 0 Å². The van der Waals surface area contributed by atoms with Crippen LogP contribution in [0.4, 0.5) is 0 Å². The molecular weight excluding hydrogens is 150 g/mol. The third-order valence-electron chi connectivity index (χ3n) is 1.14. The van der Waals surface area contributed by atoms with Crippen molar-refractivity contribution < 1.29 is 0 Å². The molecule has 0 saturated heterocycles. The van der Waals surface area contributed by atoms with Gasteiger partial charge in [-0.15, -0.1) is 0 Å². The molecule has 0 aromatic carbocycles. The zero-order chi connectivity index (χ0) is 9.40. The Morgan fingerprint density at radius 3 is 2.08 bits per heavy atom. The standard InChI is InChI=1S/C7H11N3.C2H6/c1-6(2)3-7-9-4-8-5-10-7;1-2/h4-6H,3H2,1-2H3;1-2H3. The Morgan fingerprint density at radius 2 is 1.67 bits per heavy atom. The molecule has 0 spiro atoms. The van der Waals surface area contributed by atoms with Crippen molar-refractivity contribution in [3.63, 3.8) is 0 Å². The van der Waals surface area contributed by atoms with Gasteiger partial charge in [-0.05, 0) is 5.92 Å². The van der Waals surface area contributed by atoms with E-state index >= 15 is 0 Å². The minimum absolute atomic E-state index is 0.613. The van der Waals surface area contributed by atoms with Gasteiger partial charge in [0.05, 0.1) is 0 Å². The molecule has 0 aliphatic rings. The first kappa shape index (κ1) is 11.0. The van der Waals surface area contributed by atoms with E-state index in [1.165, 1.54) is 12.7 Å². The second kappa shape index (κ2) is 6.70. The molecule has 0 atom stereocenters. The second-order valence-electron chi connectivity index (χ2n) is 2.65. The molecule has 0 bridgehead atoms. The molecule has 1 aromatic heterocycles. The minimum atomic E-state index is 0.613. The molecule has 0 radical (unpaired) electrons. The fourth-order valence-corrected chi connectivity index (χ4v) is 0.734. The first-order chi connectivity index (χ1) is 5.79. The van der Waals surface area contributed by atoms with Gasteiger partial charge in [-0.25, -0.2) is 15.0 Å². The number of hydrogen-bond acceptors (Lipinski definition) is 3. The van der Waals surface area contributed by atoms with Crippen LogP contribution in [0, 0.1) is 5.92 Å². The third kappa shape index (κ3) is 4.77. The van der Waals surface area contributed by atoms with E-state index in [1.54, 1.807) is 0 Å². The van der Waals surface area contributed by atoms with Crippen LogP contribution >= 0.6 is 0 Å². The summed E-state index contributed by atoms with van der Waals surface area (Å²) >= 11 is 0. The van der Waals surface area contributed by atoms with Crippen LogP contribution in [0.2, 0.25) is 0 Å². The van der Waals surface area contributed by atoms with Gasteiger partial charge in [-0.2, -0.15) is 0 Å². The summed E-state index contributed by atoms with van der Waals surface area (Å²) in [5.74, 6) is 1.49. The lowest BCUT2D eigenvalue weighted by Gasteiger charge is -1.99. The van der Waals surface area contributed by atoms with Crippen molar-refractivity contribution in [2.75, 3.05) is 0 Å². The fraction of sp³-hybridized carbons (Fsp3) is 0.667. The van der Waals surface area contributed by atoms with Gasteiger partial charge in [-0.3, -0.25) is 0 Å². The van der Waals surface area contributed by atoms with Crippen molar-refractivity contribution in [2.24, 2.45) is 5.92 Å². The maximum Gasteiger partial charge on any atom is 0.132 e. The zero-order valence-electron chi connectivity index (χ0n) is 8.28. The SMILES string of the molecule is CC.CC(C)Cc1ncncn1. The molecule has 1 heterocycles. The van der Waals surface area contributed by atoms with E-state index in [4.69, 9.17) is 0 Å². The van der Waals surface area contributed by atoms with E-state index in [0.717, 1.165) is 12.2 Å². The van der Waals surface area contributed by atoms with E-state index < -0.39 is 0 Å². The van der Waals surface area contributed by atoms with E-state index in [0.29, 0.717) is 5.92 Å². The molecule has 0 amide bonds. The molecule has 0 unspecified atom stereocenters. The average Bonchev–Trinajstić information content (AvgIpc) is 2.08. The molecule has 1 rings (SSSR count). The zero-order valence-corrected chi connectivity index (χ0v) is 8.28. The molecule has 0 aliphatic carbocycles. The predicted molar refractivity (Wildman–Crippen MR) is 49.7 cm³/mol. The number of hydrogen-bond donors (Lipinski definition) is 0. The molecule has 1 aromatic rings. The normalized spacial score (nSPS) is 9.08. The first-order valence-electron chi connectivity index (χ1n) is 4.40. The van der Waals surface area contributed by atoms with Crippen LogP contribution in [0.15, 0.2) is 12.7 Å². The Kier molecular flexibility index (Phi) is 6.15. The number of nitrogens with zero attached hydrogens (tertiary/aromatic N) is 3. The fourth-order valence-electron chi connectivity index (χ4n) is 0.734. The quantitative estimate of drug-likeness (QED) is 0.677. The molecule has 3 heteroatoms. The molecule has 0 aliphatic heterocycles. The van der Waals surface area contributed by atoms with Crippen LogP contribution in [0.5, 0.6) is 0 Å². The molecule has 0 fully saturated rings. The van der Waals surface area contributed by atoms with Crippen LogP contribution in [0.1, 0.15) is 33.5 Å². The van der Waals surface area contributed by atoms with Crippen molar-refractivity contribution in [1.82, 2.24) is 15.0 Å². The Hall–Kier alpha value is -0.990.